The predicted octanol–water partition coefficient (Wildman–Crippen LogP) is 1.15. The molecule has 0 radical (unpaired) electrons. The molecule has 0 unspecified atom stereocenters. The van der Waals surface area contributed by atoms with Crippen molar-refractivity contribution in [2.75, 3.05) is 12.3 Å². The molecule has 0 aromatic carbocycles. The lowest BCUT2D eigenvalue weighted by Gasteiger charge is -2.22. The van der Waals surface area contributed by atoms with Crippen LogP contribution in [0.2, 0.25) is 0 Å². The number of hydrogen-bond acceptors (Lipinski definition) is 5. The highest BCUT2D eigenvalue weighted by Crippen LogP contribution is 2.11. The Morgan fingerprint density at radius 3 is 2.86 bits per heavy atom. The van der Waals surface area contributed by atoms with Crippen LogP contribution in [0.4, 0.5) is 0 Å². The second kappa shape index (κ2) is 8.58. The van der Waals surface area contributed by atoms with Gasteiger partial charge in [-0.25, -0.2) is 8.42 Å². The molecular formula is C13H22N4O3S. The van der Waals surface area contributed by atoms with Crippen LogP contribution in [0.1, 0.15) is 31.7 Å². The predicted molar refractivity (Wildman–Crippen MR) is 81.4 cm³/mol. The van der Waals surface area contributed by atoms with Crippen molar-refractivity contribution in [2.45, 2.75) is 32.7 Å². The second-order valence-electron chi connectivity index (χ2n) is 4.71. The molecule has 0 saturated heterocycles. The molecule has 1 aromatic rings. The molecule has 0 saturated carbocycles. The highest BCUT2D eigenvalue weighted by Gasteiger charge is 2.22. The lowest BCUT2D eigenvalue weighted by atomic mass is 10.3. The van der Waals surface area contributed by atoms with E-state index in [0.717, 1.165) is 12.0 Å². The smallest absolute Gasteiger partial charge is 0.214 e. The van der Waals surface area contributed by atoms with Crippen LogP contribution in [-0.4, -0.2) is 41.0 Å². The summed E-state index contributed by atoms with van der Waals surface area (Å²) < 4.78 is 26.1. The summed E-state index contributed by atoms with van der Waals surface area (Å²) in [5.41, 5.74) is 6.23. The quantitative estimate of drug-likeness (QED) is 0.307. The van der Waals surface area contributed by atoms with E-state index in [9.17, 15) is 8.42 Å². The number of unbranched alkanes of at least 4 members (excludes halogenated alkanes) is 1. The molecular weight excluding hydrogens is 292 g/mol. The molecule has 0 amide bonds. The molecule has 118 valence electrons. The number of aromatic nitrogens is 1. The van der Waals surface area contributed by atoms with Gasteiger partial charge in [-0.15, -0.1) is 0 Å². The number of oxime groups is 1. The Balaban J connectivity index is 2.83. The van der Waals surface area contributed by atoms with Gasteiger partial charge in [0.05, 0.1) is 5.75 Å². The van der Waals surface area contributed by atoms with E-state index in [1.807, 2.05) is 13.0 Å². The van der Waals surface area contributed by atoms with E-state index < -0.39 is 10.0 Å². The van der Waals surface area contributed by atoms with Crippen molar-refractivity contribution < 1.29 is 13.6 Å². The average Bonchev–Trinajstić information content (AvgIpc) is 2.49. The number of sulfonamides is 1. The topological polar surface area (TPSA) is 109 Å². The summed E-state index contributed by atoms with van der Waals surface area (Å²) in [7, 11) is -3.37. The molecule has 1 heterocycles. The van der Waals surface area contributed by atoms with E-state index in [2.05, 4.69) is 10.1 Å². The Labute approximate surface area is 125 Å². The van der Waals surface area contributed by atoms with E-state index in [0.29, 0.717) is 6.42 Å². The third-order valence-electron chi connectivity index (χ3n) is 2.98. The Kier molecular flexibility index (Phi) is 7.10. The van der Waals surface area contributed by atoms with Gasteiger partial charge in [0.15, 0.2) is 0 Å². The zero-order chi connectivity index (χ0) is 15.7. The van der Waals surface area contributed by atoms with E-state index in [-0.39, 0.29) is 31.1 Å². The largest absolute Gasteiger partial charge is 0.409 e. The minimum absolute atomic E-state index is 0.0110. The molecule has 0 spiro atoms. The van der Waals surface area contributed by atoms with Crippen molar-refractivity contribution in [1.29, 1.82) is 0 Å². The minimum atomic E-state index is -3.37. The number of hydrogen-bond donors (Lipinski definition) is 2. The van der Waals surface area contributed by atoms with Crippen LogP contribution < -0.4 is 5.73 Å². The van der Waals surface area contributed by atoms with Gasteiger partial charge in [0, 0.05) is 31.9 Å². The molecule has 0 bridgehead atoms. The van der Waals surface area contributed by atoms with Gasteiger partial charge >= 0.3 is 0 Å². The van der Waals surface area contributed by atoms with Crippen LogP contribution >= 0.6 is 0 Å². The van der Waals surface area contributed by atoms with Crippen LogP contribution in [0.15, 0.2) is 29.7 Å². The molecule has 1 rings (SSSR count). The van der Waals surface area contributed by atoms with Gasteiger partial charge in [0.25, 0.3) is 0 Å². The molecule has 0 aliphatic heterocycles. The molecule has 7 nitrogen and oxygen atoms in total. The molecule has 1 aromatic heterocycles. The molecule has 0 fully saturated rings. The fraction of sp³-hybridized carbons (Fsp3) is 0.538. The van der Waals surface area contributed by atoms with Crippen molar-refractivity contribution in [3.05, 3.63) is 30.1 Å². The third-order valence-corrected chi connectivity index (χ3v) is 4.88. The first-order chi connectivity index (χ1) is 9.99. The summed E-state index contributed by atoms with van der Waals surface area (Å²) in [6.07, 6.45) is 4.86. The molecule has 0 aliphatic carbocycles. The Bertz CT molecular complexity index is 546. The van der Waals surface area contributed by atoms with E-state index in [4.69, 9.17) is 10.9 Å². The first-order valence-electron chi connectivity index (χ1n) is 6.82. The first kappa shape index (κ1) is 17.4. The number of rotatable bonds is 9. The normalized spacial score (nSPS) is 12.8. The summed E-state index contributed by atoms with van der Waals surface area (Å²) in [6, 6.07) is 3.58. The summed E-state index contributed by atoms with van der Waals surface area (Å²) >= 11 is 0. The molecule has 21 heavy (non-hydrogen) atoms. The van der Waals surface area contributed by atoms with Gasteiger partial charge in [0.1, 0.15) is 5.84 Å². The molecule has 0 aliphatic rings. The Hall–Kier alpha value is -1.67. The van der Waals surface area contributed by atoms with E-state index in [1.54, 1.807) is 18.5 Å². The first-order valence-corrected chi connectivity index (χ1v) is 8.43. The highest BCUT2D eigenvalue weighted by atomic mass is 32.2. The zero-order valence-corrected chi connectivity index (χ0v) is 13.0. The van der Waals surface area contributed by atoms with Crippen LogP contribution in [0.3, 0.4) is 0 Å². The lowest BCUT2D eigenvalue weighted by Crippen LogP contribution is -2.35. The van der Waals surface area contributed by atoms with Crippen LogP contribution in [0, 0.1) is 0 Å². The van der Waals surface area contributed by atoms with Gasteiger partial charge < -0.3 is 10.9 Å². The maximum absolute atomic E-state index is 12.4. The monoisotopic (exact) mass is 314 g/mol. The Morgan fingerprint density at radius 2 is 2.29 bits per heavy atom. The fourth-order valence-electron chi connectivity index (χ4n) is 1.76. The van der Waals surface area contributed by atoms with Crippen molar-refractivity contribution in [2.24, 2.45) is 10.9 Å². The maximum atomic E-state index is 12.4. The molecule has 8 heteroatoms. The second-order valence-corrected chi connectivity index (χ2v) is 6.79. The van der Waals surface area contributed by atoms with E-state index in [1.165, 1.54) is 4.31 Å². The Morgan fingerprint density at radius 1 is 1.52 bits per heavy atom. The summed E-state index contributed by atoms with van der Waals surface area (Å²) in [5, 5.41) is 11.4. The number of amidine groups is 1. The molecule has 3 N–H and O–H groups in total. The maximum Gasteiger partial charge on any atom is 0.214 e. The fourth-order valence-corrected chi connectivity index (χ4v) is 3.38. The van der Waals surface area contributed by atoms with Gasteiger partial charge in [0.2, 0.25) is 10.0 Å². The summed E-state index contributed by atoms with van der Waals surface area (Å²) in [6.45, 7) is 2.35. The zero-order valence-electron chi connectivity index (χ0n) is 12.1. The van der Waals surface area contributed by atoms with Crippen molar-refractivity contribution in [1.82, 2.24) is 9.29 Å². The van der Waals surface area contributed by atoms with Gasteiger partial charge in [-0.2, -0.15) is 4.31 Å². The number of nitrogens with zero attached hydrogens (tertiary/aromatic N) is 3. The average molecular weight is 314 g/mol. The molecule has 0 atom stereocenters. The minimum Gasteiger partial charge on any atom is -0.409 e. The SMILES string of the molecule is CCCCS(=O)(=O)N(CC/C(N)=N/O)Cc1cccnc1. The highest BCUT2D eigenvalue weighted by molar-refractivity contribution is 7.89. The standard InChI is InChI=1S/C13H22N4O3S/c1-2-3-9-21(19,20)17(8-6-13(14)16-18)11-12-5-4-7-15-10-12/h4-5,7,10,18H,2-3,6,8-9,11H2,1H3,(H2,14,16). The van der Waals surface area contributed by atoms with Gasteiger partial charge in [-0.05, 0) is 18.1 Å². The van der Waals surface area contributed by atoms with Crippen molar-refractivity contribution in [3.8, 4) is 0 Å². The van der Waals surface area contributed by atoms with E-state index >= 15 is 0 Å². The van der Waals surface area contributed by atoms with Crippen LogP contribution in [0.5, 0.6) is 0 Å². The van der Waals surface area contributed by atoms with Crippen molar-refractivity contribution in [3.63, 3.8) is 0 Å². The van der Waals surface area contributed by atoms with Crippen LogP contribution in [-0.2, 0) is 16.6 Å². The summed E-state index contributed by atoms with van der Waals surface area (Å²) in [4.78, 5) is 3.98. The number of pyridine rings is 1. The van der Waals surface area contributed by atoms with Crippen molar-refractivity contribution >= 4 is 15.9 Å². The van der Waals surface area contributed by atoms with Gasteiger partial charge in [-0.1, -0.05) is 24.6 Å². The lowest BCUT2D eigenvalue weighted by molar-refractivity contribution is 0.315. The number of nitrogens with two attached hydrogens (primary N) is 1. The summed E-state index contributed by atoms with van der Waals surface area (Å²) in [5.74, 6) is 0.108. The van der Waals surface area contributed by atoms with Crippen LogP contribution in [0.25, 0.3) is 0 Å². The third kappa shape index (κ3) is 6.09. The van der Waals surface area contributed by atoms with Gasteiger partial charge in [-0.3, -0.25) is 4.98 Å².